The summed E-state index contributed by atoms with van der Waals surface area (Å²) in [6.07, 6.45) is -2.55. The van der Waals surface area contributed by atoms with Gasteiger partial charge >= 0.3 is 17.9 Å². The van der Waals surface area contributed by atoms with Crippen molar-refractivity contribution in [2.75, 3.05) is 21.3 Å². The Hall–Kier alpha value is -2.46. The number of carbonyl (C=O) groups excluding carboxylic acids is 3. The molecule has 0 aliphatic heterocycles. The smallest absolute Gasteiger partial charge is 0.337 e. The van der Waals surface area contributed by atoms with Gasteiger partial charge in [0.1, 0.15) is 5.92 Å². The molecule has 0 saturated carbocycles. The van der Waals surface area contributed by atoms with E-state index >= 15 is 0 Å². The maximum atomic E-state index is 12.3. The lowest BCUT2D eigenvalue weighted by molar-refractivity contribution is -0.164. The Morgan fingerprint density at radius 1 is 0.920 bits per heavy atom. The number of methoxy groups -OCH3 is 3. The van der Waals surface area contributed by atoms with E-state index in [1.807, 2.05) is 0 Å². The summed E-state index contributed by atoms with van der Waals surface area (Å²) in [6, 6.07) is 6.99. The van der Waals surface area contributed by atoms with Crippen molar-refractivity contribution in [2.45, 2.75) is 17.4 Å². The van der Waals surface area contributed by atoms with Crippen LogP contribution in [-0.2, 0) is 42.9 Å². The van der Waals surface area contributed by atoms with Crippen LogP contribution in [0, 0.1) is 5.92 Å². The summed E-state index contributed by atoms with van der Waals surface area (Å²) in [5, 5.41) is 0. The Labute approximate surface area is 144 Å². The van der Waals surface area contributed by atoms with Crippen LogP contribution in [0.1, 0.15) is 6.42 Å². The van der Waals surface area contributed by atoms with Crippen LogP contribution in [-0.4, -0.2) is 53.8 Å². The molecule has 138 valence electrons. The van der Waals surface area contributed by atoms with Gasteiger partial charge in [-0.3, -0.25) is 13.8 Å². The molecule has 0 N–H and O–H groups in total. The third kappa shape index (κ3) is 5.54. The molecular weight excluding hydrogens is 356 g/mol. The SMILES string of the molecule is COC(=O)CC(C(=O)OC)C(OS(=O)(=O)c1ccccc1)C(=O)OC. The second kappa shape index (κ2) is 9.14. The van der Waals surface area contributed by atoms with E-state index in [0.717, 1.165) is 21.3 Å². The molecule has 0 radical (unpaired) electrons. The van der Waals surface area contributed by atoms with E-state index in [0.29, 0.717) is 0 Å². The Morgan fingerprint density at radius 3 is 1.96 bits per heavy atom. The van der Waals surface area contributed by atoms with Crippen LogP contribution in [0.2, 0.25) is 0 Å². The minimum atomic E-state index is -4.40. The first-order chi connectivity index (χ1) is 11.8. The standard InChI is InChI=1S/C15H18O9S/c1-21-12(16)9-11(14(17)22-2)13(15(18)23-3)24-25(19,20)10-7-5-4-6-8-10/h4-8,11,13H,9H2,1-3H3. The quantitative estimate of drug-likeness (QED) is 0.359. The van der Waals surface area contributed by atoms with Crippen LogP contribution in [0.4, 0.5) is 0 Å². The van der Waals surface area contributed by atoms with E-state index in [9.17, 15) is 22.8 Å². The first-order valence-electron chi connectivity index (χ1n) is 6.97. The van der Waals surface area contributed by atoms with Gasteiger partial charge in [0.15, 0.2) is 6.10 Å². The normalized spacial score (nSPS) is 13.4. The highest BCUT2D eigenvalue weighted by Gasteiger charge is 2.41. The summed E-state index contributed by atoms with van der Waals surface area (Å²) >= 11 is 0. The Balaban J connectivity index is 3.23. The minimum absolute atomic E-state index is 0.231. The number of hydrogen-bond acceptors (Lipinski definition) is 9. The van der Waals surface area contributed by atoms with Crippen molar-refractivity contribution < 1.29 is 41.2 Å². The minimum Gasteiger partial charge on any atom is -0.469 e. The van der Waals surface area contributed by atoms with Gasteiger partial charge in [-0.15, -0.1) is 0 Å². The molecule has 25 heavy (non-hydrogen) atoms. The molecule has 0 aliphatic carbocycles. The first-order valence-corrected chi connectivity index (χ1v) is 8.38. The van der Waals surface area contributed by atoms with Crippen molar-refractivity contribution in [3.63, 3.8) is 0 Å². The molecule has 1 rings (SSSR count). The van der Waals surface area contributed by atoms with Crippen LogP contribution in [0.25, 0.3) is 0 Å². The average molecular weight is 374 g/mol. The maximum Gasteiger partial charge on any atom is 0.337 e. The lowest BCUT2D eigenvalue weighted by atomic mass is 9.99. The number of benzene rings is 1. The molecule has 9 nitrogen and oxygen atoms in total. The van der Waals surface area contributed by atoms with Gasteiger partial charge in [-0.2, -0.15) is 8.42 Å². The van der Waals surface area contributed by atoms with Crippen LogP contribution in [0.5, 0.6) is 0 Å². The molecule has 0 heterocycles. The number of ether oxygens (including phenoxy) is 3. The predicted molar refractivity (Wildman–Crippen MR) is 82.7 cm³/mol. The maximum absolute atomic E-state index is 12.3. The lowest BCUT2D eigenvalue weighted by Gasteiger charge is -2.22. The van der Waals surface area contributed by atoms with Crippen molar-refractivity contribution >= 4 is 28.0 Å². The first kappa shape index (κ1) is 20.6. The summed E-state index contributed by atoms with van der Waals surface area (Å²) < 4.78 is 43.0. The molecule has 1 aromatic carbocycles. The van der Waals surface area contributed by atoms with Crippen LogP contribution in [0.15, 0.2) is 35.2 Å². The van der Waals surface area contributed by atoms with Crippen molar-refractivity contribution in [3.8, 4) is 0 Å². The van der Waals surface area contributed by atoms with Gasteiger partial charge in [-0.25, -0.2) is 4.79 Å². The van der Waals surface area contributed by atoms with E-state index < -0.39 is 46.5 Å². The molecular formula is C15H18O9S. The molecule has 1 aromatic rings. The highest BCUT2D eigenvalue weighted by molar-refractivity contribution is 7.86. The third-order valence-electron chi connectivity index (χ3n) is 3.18. The van der Waals surface area contributed by atoms with Crippen molar-refractivity contribution in [1.82, 2.24) is 0 Å². The van der Waals surface area contributed by atoms with Gasteiger partial charge in [0.2, 0.25) is 0 Å². The van der Waals surface area contributed by atoms with Gasteiger partial charge in [-0.1, -0.05) is 18.2 Å². The largest absolute Gasteiger partial charge is 0.469 e. The molecule has 0 aromatic heterocycles. The van der Waals surface area contributed by atoms with Crippen molar-refractivity contribution in [1.29, 1.82) is 0 Å². The molecule has 0 aliphatic rings. The van der Waals surface area contributed by atoms with Gasteiger partial charge < -0.3 is 14.2 Å². The second-order valence-corrected chi connectivity index (χ2v) is 6.29. The van der Waals surface area contributed by atoms with E-state index in [-0.39, 0.29) is 4.90 Å². The van der Waals surface area contributed by atoms with Gasteiger partial charge in [0.25, 0.3) is 10.1 Å². The highest BCUT2D eigenvalue weighted by atomic mass is 32.2. The predicted octanol–water partition coefficient (Wildman–Crippen LogP) is 0.286. The van der Waals surface area contributed by atoms with Crippen LogP contribution < -0.4 is 0 Å². The van der Waals surface area contributed by atoms with Crippen molar-refractivity contribution in [2.24, 2.45) is 5.92 Å². The van der Waals surface area contributed by atoms with Gasteiger partial charge in [0.05, 0.1) is 32.6 Å². The molecule has 0 bridgehead atoms. The zero-order valence-electron chi connectivity index (χ0n) is 13.8. The summed E-state index contributed by atoms with van der Waals surface area (Å²) in [7, 11) is -1.32. The van der Waals surface area contributed by atoms with E-state index in [1.165, 1.54) is 24.3 Å². The van der Waals surface area contributed by atoms with Crippen LogP contribution >= 0.6 is 0 Å². The highest BCUT2D eigenvalue weighted by Crippen LogP contribution is 2.22. The summed E-state index contributed by atoms with van der Waals surface area (Å²) in [5.74, 6) is -4.60. The second-order valence-electron chi connectivity index (χ2n) is 4.72. The summed E-state index contributed by atoms with van der Waals surface area (Å²) in [6.45, 7) is 0. The van der Waals surface area contributed by atoms with Crippen LogP contribution in [0.3, 0.4) is 0 Å². The zero-order valence-corrected chi connectivity index (χ0v) is 14.6. The molecule has 0 spiro atoms. The molecule has 0 amide bonds. The Bertz CT molecular complexity index is 712. The number of carbonyl (C=O) groups is 3. The van der Waals surface area contributed by atoms with E-state index in [4.69, 9.17) is 4.18 Å². The van der Waals surface area contributed by atoms with Gasteiger partial charge in [-0.05, 0) is 12.1 Å². The Kier molecular flexibility index (Phi) is 7.52. The number of esters is 3. The molecule has 10 heteroatoms. The van der Waals surface area contributed by atoms with Gasteiger partial charge in [0, 0.05) is 0 Å². The topological polar surface area (TPSA) is 122 Å². The fraction of sp³-hybridized carbons (Fsp3) is 0.400. The zero-order chi connectivity index (χ0) is 19.0. The number of rotatable bonds is 8. The third-order valence-corrected chi connectivity index (χ3v) is 4.49. The monoisotopic (exact) mass is 374 g/mol. The van der Waals surface area contributed by atoms with Crippen molar-refractivity contribution in [3.05, 3.63) is 30.3 Å². The fourth-order valence-corrected chi connectivity index (χ4v) is 2.98. The molecule has 0 saturated heterocycles. The summed E-state index contributed by atoms with van der Waals surface area (Å²) in [4.78, 5) is 35.2. The average Bonchev–Trinajstić information content (AvgIpc) is 2.63. The molecule has 0 fully saturated rings. The fourth-order valence-electron chi connectivity index (χ4n) is 1.89. The van der Waals surface area contributed by atoms with E-state index in [1.54, 1.807) is 6.07 Å². The lowest BCUT2D eigenvalue weighted by Crippen LogP contribution is -2.41. The number of hydrogen-bond donors (Lipinski definition) is 0. The Morgan fingerprint density at radius 2 is 1.48 bits per heavy atom. The van der Waals surface area contributed by atoms with E-state index in [2.05, 4.69) is 14.2 Å². The summed E-state index contributed by atoms with van der Waals surface area (Å²) in [5.41, 5.74) is 0. The molecule has 2 atom stereocenters. The molecule has 2 unspecified atom stereocenters.